The molecule has 0 amide bonds. The molecule has 19 heavy (non-hydrogen) atoms. The first-order valence-electron chi connectivity index (χ1n) is 5.70. The summed E-state index contributed by atoms with van der Waals surface area (Å²) in [5.41, 5.74) is 0.885. The van der Waals surface area contributed by atoms with Crippen molar-refractivity contribution in [2.24, 2.45) is 0 Å². The van der Waals surface area contributed by atoms with Gasteiger partial charge in [-0.15, -0.1) is 0 Å². The molecular formula is C13H14N2O3S. The molecule has 6 heteroatoms. The van der Waals surface area contributed by atoms with Crippen molar-refractivity contribution in [3.8, 4) is 0 Å². The predicted octanol–water partition coefficient (Wildman–Crippen LogP) is 1.94. The molecule has 2 N–H and O–H groups in total. The summed E-state index contributed by atoms with van der Waals surface area (Å²) in [7, 11) is -3.69. The quantitative estimate of drug-likeness (QED) is 0.895. The summed E-state index contributed by atoms with van der Waals surface area (Å²) in [5.74, 6) is 0. The molecule has 5 nitrogen and oxygen atoms in total. The minimum Gasteiger partial charge on any atom is -0.389 e. The smallest absolute Gasteiger partial charge is 0.263 e. The first kappa shape index (κ1) is 13.5. The fourth-order valence-corrected chi connectivity index (χ4v) is 2.71. The molecule has 1 aromatic heterocycles. The first-order chi connectivity index (χ1) is 9.00. The Bertz CT molecular complexity index is 655. The molecule has 0 radical (unpaired) electrons. The fourth-order valence-electron chi connectivity index (χ4n) is 1.66. The number of aliphatic hydroxyl groups excluding tert-OH is 1. The van der Waals surface area contributed by atoms with Crippen molar-refractivity contribution in [1.82, 2.24) is 4.98 Å². The number of benzene rings is 1. The van der Waals surface area contributed by atoms with Crippen molar-refractivity contribution in [3.63, 3.8) is 0 Å². The maximum atomic E-state index is 12.1. The maximum absolute atomic E-state index is 12.1. The summed E-state index contributed by atoms with van der Waals surface area (Å²) in [5, 5.41) is 9.62. The lowest BCUT2D eigenvalue weighted by atomic mass is 10.1. The van der Waals surface area contributed by atoms with Crippen molar-refractivity contribution in [2.45, 2.75) is 17.9 Å². The Labute approximate surface area is 112 Å². The molecule has 0 fully saturated rings. The SMILES string of the molecule is CC(O)c1ccccc1NS(=O)(=O)c1cccnc1. The second-order valence-electron chi connectivity index (χ2n) is 4.06. The van der Waals surface area contributed by atoms with Crippen molar-refractivity contribution < 1.29 is 13.5 Å². The second-order valence-corrected chi connectivity index (χ2v) is 5.74. The van der Waals surface area contributed by atoms with Crippen LogP contribution in [0.5, 0.6) is 0 Å². The Morgan fingerprint density at radius 2 is 1.95 bits per heavy atom. The average Bonchev–Trinajstić information content (AvgIpc) is 2.39. The molecule has 0 bridgehead atoms. The molecule has 0 aliphatic heterocycles. The molecule has 1 aromatic carbocycles. The number of rotatable bonds is 4. The van der Waals surface area contributed by atoms with Gasteiger partial charge in [-0.05, 0) is 25.1 Å². The molecule has 1 unspecified atom stereocenters. The molecule has 0 saturated carbocycles. The summed E-state index contributed by atoms with van der Waals surface area (Å²) in [6.45, 7) is 1.58. The number of pyridine rings is 1. The van der Waals surface area contributed by atoms with E-state index >= 15 is 0 Å². The van der Waals surface area contributed by atoms with E-state index < -0.39 is 16.1 Å². The molecule has 0 saturated heterocycles. The number of nitrogens with zero attached hydrogens (tertiary/aromatic N) is 1. The number of anilines is 1. The summed E-state index contributed by atoms with van der Waals surface area (Å²) in [6.07, 6.45) is 2.02. The van der Waals surface area contributed by atoms with Crippen LogP contribution < -0.4 is 4.72 Å². The zero-order chi connectivity index (χ0) is 13.9. The van der Waals surface area contributed by atoms with Gasteiger partial charge in [0.15, 0.2) is 0 Å². The number of nitrogens with one attached hydrogen (secondary N) is 1. The monoisotopic (exact) mass is 278 g/mol. The average molecular weight is 278 g/mol. The van der Waals surface area contributed by atoms with Crippen LogP contribution in [0.15, 0.2) is 53.7 Å². The molecule has 0 aliphatic rings. The Balaban J connectivity index is 2.37. The Morgan fingerprint density at radius 1 is 1.21 bits per heavy atom. The zero-order valence-corrected chi connectivity index (χ0v) is 11.1. The number of aliphatic hydroxyl groups is 1. The predicted molar refractivity (Wildman–Crippen MR) is 72.1 cm³/mol. The van der Waals surface area contributed by atoms with Crippen LogP contribution >= 0.6 is 0 Å². The maximum Gasteiger partial charge on any atom is 0.263 e. The fraction of sp³-hybridized carbons (Fsp3) is 0.154. The van der Waals surface area contributed by atoms with Crippen molar-refractivity contribution >= 4 is 15.7 Å². The number of aromatic nitrogens is 1. The van der Waals surface area contributed by atoms with Gasteiger partial charge >= 0.3 is 0 Å². The standard InChI is InChI=1S/C13H14N2O3S/c1-10(16)12-6-2-3-7-13(12)15-19(17,18)11-5-4-8-14-9-11/h2-10,15-16H,1H3. The van der Waals surface area contributed by atoms with Gasteiger partial charge < -0.3 is 5.11 Å². The molecular weight excluding hydrogens is 264 g/mol. The lowest BCUT2D eigenvalue weighted by Gasteiger charge is -2.14. The van der Waals surface area contributed by atoms with Gasteiger partial charge in [0, 0.05) is 18.0 Å². The van der Waals surface area contributed by atoms with Crippen LogP contribution in [0, 0.1) is 0 Å². The number of para-hydroxylation sites is 1. The second kappa shape index (κ2) is 5.38. The molecule has 1 atom stereocenters. The van der Waals surface area contributed by atoms with Gasteiger partial charge in [0.2, 0.25) is 0 Å². The van der Waals surface area contributed by atoms with Gasteiger partial charge in [-0.2, -0.15) is 0 Å². The highest BCUT2D eigenvalue weighted by molar-refractivity contribution is 7.92. The van der Waals surface area contributed by atoms with E-state index in [0.29, 0.717) is 11.3 Å². The molecule has 2 aromatic rings. The van der Waals surface area contributed by atoms with Crippen molar-refractivity contribution in [2.75, 3.05) is 4.72 Å². The van der Waals surface area contributed by atoms with E-state index in [1.54, 1.807) is 37.3 Å². The van der Waals surface area contributed by atoms with Crippen molar-refractivity contribution in [3.05, 3.63) is 54.4 Å². The van der Waals surface area contributed by atoms with Gasteiger partial charge in [0.25, 0.3) is 10.0 Å². The molecule has 1 heterocycles. The molecule has 2 rings (SSSR count). The summed E-state index contributed by atoms with van der Waals surface area (Å²) < 4.78 is 26.7. The van der Waals surface area contributed by atoms with Crippen LogP contribution in [0.3, 0.4) is 0 Å². The van der Waals surface area contributed by atoms with Crippen LogP contribution in [0.2, 0.25) is 0 Å². The molecule has 100 valence electrons. The summed E-state index contributed by atoms with van der Waals surface area (Å²) in [6, 6.07) is 9.73. The minimum absolute atomic E-state index is 0.0791. The van der Waals surface area contributed by atoms with Gasteiger partial charge in [-0.25, -0.2) is 8.42 Å². The zero-order valence-electron chi connectivity index (χ0n) is 10.3. The highest BCUT2D eigenvalue weighted by Gasteiger charge is 2.17. The Kier molecular flexibility index (Phi) is 3.82. The van der Waals surface area contributed by atoms with Crippen molar-refractivity contribution in [1.29, 1.82) is 0 Å². The van der Waals surface area contributed by atoms with E-state index in [4.69, 9.17) is 0 Å². The van der Waals surface area contributed by atoms with Gasteiger partial charge in [-0.3, -0.25) is 9.71 Å². The lowest BCUT2D eigenvalue weighted by molar-refractivity contribution is 0.200. The van der Waals surface area contributed by atoms with E-state index in [1.165, 1.54) is 18.5 Å². The van der Waals surface area contributed by atoms with Crippen LogP contribution in [0.4, 0.5) is 5.69 Å². The van der Waals surface area contributed by atoms with Crippen LogP contribution in [-0.2, 0) is 10.0 Å². The van der Waals surface area contributed by atoms with Crippen LogP contribution in [0.25, 0.3) is 0 Å². The minimum atomic E-state index is -3.69. The third kappa shape index (κ3) is 3.10. The Hall–Kier alpha value is -1.92. The largest absolute Gasteiger partial charge is 0.389 e. The lowest BCUT2D eigenvalue weighted by Crippen LogP contribution is -2.14. The molecule has 0 spiro atoms. The highest BCUT2D eigenvalue weighted by atomic mass is 32.2. The number of sulfonamides is 1. The molecule has 0 aliphatic carbocycles. The van der Waals surface area contributed by atoms with E-state index in [9.17, 15) is 13.5 Å². The van der Waals surface area contributed by atoms with E-state index in [2.05, 4.69) is 9.71 Å². The topological polar surface area (TPSA) is 79.3 Å². The van der Waals surface area contributed by atoms with Crippen LogP contribution in [0.1, 0.15) is 18.6 Å². The number of hydrogen-bond acceptors (Lipinski definition) is 4. The van der Waals surface area contributed by atoms with E-state index in [-0.39, 0.29) is 4.90 Å². The highest BCUT2D eigenvalue weighted by Crippen LogP contribution is 2.24. The van der Waals surface area contributed by atoms with Gasteiger partial charge in [-0.1, -0.05) is 18.2 Å². The third-order valence-corrected chi connectivity index (χ3v) is 3.95. The van der Waals surface area contributed by atoms with E-state index in [1.807, 2.05) is 0 Å². The van der Waals surface area contributed by atoms with E-state index in [0.717, 1.165) is 0 Å². The van der Waals surface area contributed by atoms with Gasteiger partial charge in [0.1, 0.15) is 4.90 Å². The summed E-state index contributed by atoms with van der Waals surface area (Å²) in [4.78, 5) is 3.86. The van der Waals surface area contributed by atoms with Crippen LogP contribution in [-0.4, -0.2) is 18.5 Å². The summed E-state index contributed by atoms with van der Waals surface area (Å²) >= 11 is 0. The van der Waals surface area contributed by atoms with Gasteiger partial charge in [0.05, 0.1) is 11.8 Å². The Morgan fingerprint density at radius 3 is 2.58 bits per heavy atom. The third-order valence-electron chi connectivity index (χ3n) is 2.60. The first-order valence-corrected chi connectivity index (χ1v) is 7.19. The normalized spacial score (nSPS) is 12.9. The number of hydrogen-bond donors (Lipinski definition) is 2.